The molecule has 0 fully saturated rings. The highest BCUT2D eigenvalue weighted by molar-refractivity contribution is 5.59. The first-order chi connectivity index (χ1) is 5.60. The van der Waals surface area contributed by atoms with Gasteiger partial charge in [-0.2, -0.15) is 0 Å². The van der Waals surface area contributed by atoms with Gasteiger partial charge in [-0.1, -0.05) is 13.8 Å². The minimum Gasteiger partial charge on any atom is -0.360 e. The summed E-state index contributed by atoms with van der Waals surface area (Å²) in [7, 11) is 0. The summed E-state index contributed by atoms with van der Waals surface area (Å²) < 4.78 is 5.12. The van der Waals surface area contributed by atoms with Crippen LogP contribution in [-0.4, -0.2) is 24.8 Å². The van der Waals surface area contributed by atoms with E-state index in [1.165, 1.54) is 0 Å². The monoisotopic (exact) mass is 172 g/mol. The van der Waals surface area contributed by atoms with Gasteiger partial charge in [0.2, 0.25) is 0 Å². The first kappa shape index (κ1) is 11.3. The van der Waals surface area contributed by atoms with E-state index in [2.05, 4.69) is 0 Å². The summed E-state index contributed by atoms with van der Waals surface area (Å²) in [5.41, 5.74) is 0. The van der Waals surface area contributed by atoms with Crippen molar-refractivity contribution in [2.45, 2.75) is 39.4 Å². The third kappa shape index (κ3) is 5.02. The van der Waals surface area contributed by atoms with Crippen LogP contribution in [0.5, 0.6) is 0 Å². The molecule has 0 amide bonds. The molecule has 0 aliphatic carbocycles. The first-order valence-electron chi connectivity index (χ1n) is 4.16. The van der Waals surface area contributed by atoms with Gasteiger partial charge < -0.3 is 14.3 Å². The van der Waals surface area contributed by atoms with Crippen molar-refractivity contribution in [1.29, 1.82) is 0 Å². The maximum absolute atomic E-state index is 10.5. The van der Waals surface area contributed by atoms with Crippen LogP contribution in [0, 0.1) is 5.92 Å². The van der Waals surface area contributed by atoms with Gasteiger partial charge in [0, 0.05) is 0 Å². The summed E-state index contributed by atoms with van der Waals surface area (Å²) in [6, 6.07) is 0. The molecule has 0 bridgehead atoms. The Morgan fingerprint density at radius 3 is 2.08 bits per heavy atom. The van der Waals surface area contributed by atoms with Crippen LogP contribution in [0.2, 0.25) is 0 Å². The second-order valence-electron chi connectivity index (χ2n) is 3.28. The Labute approximate surface area is 73.1 Å². The fourth-order valence-electron chi connectivity index (χ4n) is 0.916. The van der Waals surface area contributed by atoms with Gasteiger partial charge >= 0.3 is 0 Å². The fourth-order valence-corrected chi connectivity index (χ4v) is 0.916. The molecule has 0 spiro atoms. The van der Waals surface area contributed by atoms with Gasteiger partial charge in [0.25, 0.3) is 0 Å². The van der Waals surface area contributed by atoms with E-state index in [0.717, 1.165) is 6.29 Å². The Kier molecular flexibility index (Phi) is 5.54. The summed E-state index contributed by atoms with van der Waals surface area (Å²) in [6.07, 6.45) is 1.18. The van der Waals surface area contributed by atoms with E-state index < -0.39 is 12.2 Å². The smallest absolute Gasteiger partial charge is 0.148 e. The highest BCUT2D eigenvalue weighted by Gasteiger charge is 2.12. The van der Waals surface area contributed by atoms with Crippen molar-refractivity contribution in [2.75, 3.05) is 0 Å². The van der Waals surface area contributed by atoms with Gasteiger partial charge in [-0.15, -0.1) is 0 Å². The van der Waals surface area contributed by atoms with Crippen molar-refractivity contribution in [2.24, 2.45) is 5.92 Å². The number of carbonyl (C=O) groups excluding carboxylic acids is 2. The third-order valence-corrected chi connectivity index (χ3v) is 1.44. The van der Waals surface area contributed by atoms with Crippen molar-refractivity contribution in [1.82, 2.24) is 0 Å². The topological polar surface area (TPSA) is 43.4 Å². The molecule has 0 N–H and O–H groups in total. The van der Waals surface area contributed by atoms with Gasteiger partial charge in [0.1, 0.15) is 24.8 Å². The van der Waals surface area contributed by atoms with Crippen LogP contribution in [0.25, 0.3) is 0 Å². The lowest BCUT2D eigenvalue weighted by Crippen LogP contribution is -2.23. The Morgan fingerprint density at radius 1 is 1.17 bits per heavy atom. The van der Waals surface area contributed by atoms with E-state index in [0.29, 0.717) is 18.6 Å². The molecule has 0 saturated heterocycles. The van der Waals surface area contributed by atoms with Crippen molar-refractivity contribution < 1.29 is 14.3 Å². The average Bonchev–Trinajstić information content (AvgIpc) is 2.02. The number of rotatable bonds is 6. The standard InChI is InChI=1S/C9H16O3/c1-7(2)4-9(6-11)12-8(3)5-10/h5-9H,4H2,1-3H3/t8-,9+/m0/s1. The Balaban J connectivity index is 3.82. The fraction of sp³-hybridized carbons (Fsp3) is 0.778. The zero-order valence-electron chi connectivity index (χ0n) is 7.82. The van der Waals surface area contributed by atoms with Gasteiger partial charge in [0.05, 0.1) is 0 Å². The lowest BCUT2D eigenvalue weighted by atomic mass is 10.1. The quantitative estimate of drug-likeness (QED) is 0.565. The minimum atomic E-state index is -0.487. The van der Waals surface area contributed by atoms with Crippen molar-refractivity contribution in [3.8, 4) is 0 Å². The van der Waals surface area contributed by atoms with E-state index in [1.54, 1.807) is 6.92 Å². The van der Waals surface area contributed by atoms with Crippen molar-refractivity contribution >= 4 is 12.6 Å². The molecular weight excluding hydrogens is 156 g/mol. The van der Waals surface area contributed by atoms with Gasteiger partial charge in [0.15, 0.2) is 0 Å². The summed E-state index contributed by atoms with van der Waals surface area (Å²) in [5.74, 6) is 0.402. The second kappa shape index (κ2) is 5.89. The number of hydrogen-bond acceptors (Lipinski definition) is 3. The molecule has 2 atom stereocenters. The number of carbonyl (C=O) groups is 2. The average molecular weight is 172 g/mol. The van der Waals surface area contributed by atoms with Gasteiger partial charge in [-0.25, -0.2) is 0 Å². The number of ether oxygens (including phenoxy) is 1. The normalized spacial score (nSPS) is 15.7. The molecule has 0 aliphatic rings. The van der Waals surface area contributed by atoms with Crippen LogP contribution < -0.4 is 0 Å². The van der Waals surface area contributed by atoms with E-state index >= 15 is 0 Å². The number of aldehydes is 2. The van der Waals surface area contributed by atoms with Crippen LogP contribution in [0.1, 0.15) is 27.2 Å². The molecule has 0 unspecified atom stereocenters. The Hall–Kier alpha value is -0.700. The first-order valence-corrected chi connectivity index (χ1v) is 4.16. The van der Waals surface area contributed by atoms with E-state index in [4.69, 9.17) is 4.74 Å². The largest absolute Gasteiger partial charge is 0.360 e. The molecule has 12 heavy (non-hydrogen) atoms. The van der Waals surface area contributed by atoms with E-state index in [-0.39, 0.29) is 0 Å². The summed E-state index contributed by atoms with van der Waals surface area (Å²) >= 11 is 0. The Bertz CT molecular complexity index is 143. The molecule has 0 rings (SSSR count). The van der Waals surface area contributed by atoms with Crippen molar-refractivity contribution in [3.63, 3.8) is 0 Å². The zero-order chi connectivity index (χ0) is 9.56. The van der Waals surface area contributed by atoms with Gasteiger partial charge in [-0.05, 0) is 19.3 Å². The lowest BCUT2D eigenvalue weighted by Gasteiger charge is -2.15. The SMILES string of the molecule is CC(C)C[C@H](C=O)O[C@@H](C)C=O. The lowest BCUT2D eigenvalue weighted by molar-refractivity contribution is -0.129. The molecule has 70 valence electrons. The predicted octanol–water partition coefficient (Wildman–Crippen LogP) is 1.20. The molecule has 0 aliphatic heterocycles. The molecule has 0 saturated carbocycles. The van der Waals surface area contributed by atoms with E-state index in [9.17, 15) is 9.59 Å². The Morgan fingerprint density at radius 2 is 1.75 bits per heavy atom. The number of hydrogen-bond donors (Lipinski definition) is 0. The zero-order valence-corrected chi connectivity index (χ0v) is 7.82. The van der Waals surface area contributed by atoms with Gasteiger partial charge in [-0.3, -0.25) is 0 Å². The molecular formula is C9H16O3. The van der Waals surface area contributed by atoms with Crippen LogP contribution in [0.15, 0.2) is 0 Å². The summed E-state index contributed by atoms with van der Waals surface area (Å²) in [6.45, 7) is 5.64. The molecule has 0 heterocycles. The third-order valence-electron chi connectivity index (χ3n) is 1.44. The molecule has 0 radical (unpaired) electrons. The summed E-state index contributed by atoms with van der Waals surface area (Å²) in [4.78, 5) is 20.7. The van der Waals surface area contributed by atoms with Crippen LogP contribution in [0.3, 0.4) is 0 Å². The van der Waals surface area contributed by atoms with Crippen molar-refractivity contribution in [3.05, 3.63) is 0 Å². The molecule has 0 aromatic rings. The molecule has 0 aromatic heterocycles. The maximum atomic E-state index is 10.5. The van der Waals surface area contributed by atoms with E-state index in [1.807, 2.05) is 13.8 Å². The molecule has 3 heteroatoms. The highest BCUT2D eigenvalue weighted by atomic mass is 16.5. The molecule has 0 aromatic carbocycles. The predicted molar refractivity (Wildman–Crippen MR) is 45.9 cm³/mol. The van der Waals surface area contributed by atoms with Crippen LogP contribution in [-0.2, 0) is 14.3 Å². The highest BCUT2D eigenvalue weighted by Crippen LogP contribution is 2.07. The van der Waals surface area contributed by atoms with Crippen LogP contribution >= 0.6 is 0 Å². The molecule has 3 nitrogen and oxygen atoms in total. The maximum Gasteiger partial charge on any atom is 0.148 e. The summed E-state index contributed by atoms with van der Waals surface area (Å²) in [5, 5.41) is 0. The second-order valence-corrected chi connectivity index (χ2v) is 3.28. The minimum absolute atomic E-state index is 0.402. The van der Waals surface area contributed by atoms with Crippen LogP contribution in [0.4, 0.5) is 0 Å².